The van der Waals surface area contributed by atoms with Crippen molar-refractivity contribution < 1.29 is 0 Å². The van der Waals surface area contributed by atoms with Gasteiger partial charge in [0.25, 0.3) is 0 Å². The van der Waals surface area contributed by atoms with Crippen molar-refractivity contribution in [2.45, 2.75) is 42.2 Å². The van der Waals surface area contributed by atoms with Crippen LogP contribution >= 0.6 is 23.1 Å². The maximum absolute atomic E-state index is 5.80. The number of fused-ring (bicyclic) bond motifs is 1. The molecule has 1 fully saturated rings. The molecule has 2 N–H and O–H groups in total. The van der Waals surface area contributed by atoms with Crippen molar-refractivity contribution in [3.8, 4) is 0 Å². The van der Waals surface area contributed by atoms with Crippen LogP contribution in [0.2, 0.25) is 0 Å². The van der Waals surface area contributed by atoms with Crippen molar-refractivity contribution in [1.82, 2.24) is 4.98 Å². The predicted molar refractivity (Wildman–Crippen MR) is 81.3 cm³/mol. The monoisotopic (exact) mass is 278 g/mol. The summed E-state index contributed by atoms with van der Waals surface area (Å²) in [5, 5.41) is 0.763. The predicted octanol–water partition coefficient (Wildman–Crippen LogP) is 4.55. The van der Waals surface area contributed by atoms with Crippen LogP contribution in [0.5, 0.6) is 0 Å². The van der Waals surface area contributed by atoms with E-state index in [0.29, 0.717) is 0 Å². The highest BCUT2D eigenvalue weighted by Crippen LogP contribution is 2.39. The van der Waals surface area contributed by atoms with Gasteiger partial charge >= 0.3 is 0 Å². The Labute approximate surface area is 116 Å². The zero-order valence-electron chi connectivity index (χ0n) is 10.6. The highest BCUT2D eigenvalue weighted by atomic mass is 32.2. The van der Waals surface area contributed by atoms with Crippen LogP contribution in [0.15, 0.2) is 22.5 Å². The van der Waals surface area contributed by atoms with E-state index in [1.54, 1.807) is 11.3 Å². The molecule has 1 aliphatic carbocycles. The van der Waals surface area contributed by atoms with Crippen molar-refractivity contribution in [2.24, 2.45) is 5.92 Å². The molecule has 1 aromatic heterocycles. The van der Waals surface area contributed by atoms with Gasteiger partial charge in [-0.2, -0.15) is 0 Å². The smallest absolute Gasteiger partial charge is 0.151 e. The van der Waals surface area contributed by atoms with Crippen molar-refractivity contribution in [3.05, 3.63) is 18.2 Å². The summed E-state index contributed by atoms with van der Waals surface area (Å²) < 4.78 is 2.41. The third-order valence-corrected chi connectivity index (χ3v) is 6.07. The van der Waals surface area contributed by atoms with E-state index in [-0.39, 0.29) is 0 Å². The van der Waals surface area contributed by atoms with E-state index in [4.69, 9.17) is 10.7 Å². The molecule has 0 unspecified atom stereocenters. The molecule has 0 aliphatic heterocycles. The summed E-state index contributed by atoms with van der Waals surface area (Å²) in [6.45, 7) is 2.36. The molecule has 0 saturated heterocycles. The van der Waals surface area contributed by atoms with Gasteiger partial charge in [0.15, 0.2) is 4.34 Å². The number of hydrogen-bond acceptors (Lipinski definition) is 4. The molecule has 96 valence electrons. The molecule has 3 rings (SSSR count). The van der Waals surface area contributed by atoms with Crippen molar-refractivity contribution >= 4 is 39.0 Å². The third-order valence-electron chi connectivity index (χ3n) is 3.62. The number of nitrogens with zero attached hydrogens (tertiary/aromatic N) is 1. The zero-order chi connectivity index (χ0) is 12.5. The summed E-state index contributed by atoms with van der Waals surface area (Å²) >= 11 is 3.74. The van der Waals surface area contributed by atoms with Crippen molar-refractivity contribution in [1.29, 1.82) is 0 Å². The lowest BCUT2D eigenvalue weighted by molar-refractivity contribution is 0.393. The van der Waals surface area contributed by atoms with Crippen LogP contribution in [-0.2, 0) is 0 Å². The van der Waals surface area contributed by atoms with Gasteiger partial charge < -0.3 is 5.73 Å². The van der Waals surface area contributed by atoms with Gasteiger partial charge in [0, 0.05) is 10.9 Å². The topological polar surface area (TPSA) is 38.9 Å². The molecular weight excluding hydrogens is 260 g/mol. The first-order valence-corrected chi connectivity index (χ1v) is 8.23. The largest absolute Gasteiger partial charge is 0.399 e. The third kappa shape index (κ3) is 2.64. The fourth-order valence-corrected chi connectivity index (χ4v) is 5.02. The lowest BCUT2D eigenvalue weighted by atomic mass is 9.91. The van der Waals surface area contributed by atoms with E-state index >= 15 is 0 Å². The maximum Gasteiger partial charge on any atom is 0.151 e. The second-order valence-corrected chi connectivity index (χ2v) is 7.78. The SMILES string of the molecule is CC1CCC(Sc2nc3ccc(N)cc3s2)CC1. The van der Waals surface area contributed by atoms with Gasteiger partial charge in [-0.05, 0) is 49.8 Å². The highest BCUT2D eigenvalue weighted by Gasteiger charge is 2.20. The number of nitrogen functional groups attached to an aromatic ring is 1. The molecular formula is C14H18N2S2. The first-order chi connectivity index (χ1) is 8.70. The molecule has 0 radical (unpaired) electrons. The molecule has 0 amide bonds. The Morgan fingerprint density at radius 2 is 2.06 bits per heavy atom. The van der Waals surface area contributed by atoms with Crippen LogP contribution in [-0.4, -0.2) is 10.2 Å². The van der Waals surface area contributed by atoms with Crippen LogP contribution in [0.3, 0.4) is 0 Å². The minimum atomic E-state index is 0.763. The fraction of sp³-hybridized carbons (Fsp3) is 0.500. The number of nitrogens with two attached hydrogens (primary N) is 1. The van der Waals surface area contributed by atoms with Crippen LogP contribution in [0.1, 0.15) is 32.6 Å². The number of rotatable bonds is 2. The zero-order valence-corrected chi connectivity index (χ0v) is 12.2. The minimum absolute atomic E-state index is 0.763. The quantitative estimate of drug-likeness (QED) is 0.819. The summed E-state index contributed by atoms with van der Waals surface area (Å²) in [4.78, 5) is 4.69. The number of thiazole rings is 1. The lowest BCUT2D eigenvalue weighted by Gasteiger charge is -2.24. The molecule has 18 heavy (non-hydrogen) atoms. The van der Waals surface area contributed by atoms with E-state index in [2.05, 4.69) is 6.92 Å². The molecule has 4 heteroatoms. The van der Waals surface area contributed by atoms with Gasteiger partial charge in [-0.15, -0.1) is 11.3 Å². The molecule has 1 aliphatic rings. The molecule has 2 nitrogen and oxygen atoms in total. The van der Waals surface area contributed by atoms with E-state index in [1.165, 1.54) is 34.7 Å². The number of aromatic nitrogens is 1. The molecule has 1 aromatic carbocycles. The lowest BCUT2D eigenvalue weighted by Crippen LogP contribution is -2.13. The van der Waals surface area contributed by atoms with Crippen molar-refractivity contribution in [3.63, 3.8) is 0 Å². The van der Waals surface area contributed by atoms with Crippen LogP contribution in [0.4, 0.5) is 5.69 Å². The van der Waals surface area contributed by atoms with E-state index in [9.17, 15) is 0 Å². The summed E-state index contributed by atoms with van der Waals surface area (Å²) in [7, 11) is 0. The molecule has 0 spiro atoms. The molecule has 2 aromatic rings. The van der Waals surface area contributed by atoms with Gasteiger partial charge in [0.2, 0.25) is 0 Å². The summed E-state index contributed by atoms with van der Waals surface area (Å²) in [5.74, 6) is 0.914. The van der Waals surface area contributed by atoms with E-state index < -0.39 is 0 Å². The average Bonchev–Trinajstić information content (AvgIpc) is 2.73. The highest BCUT2D eigenvalue weighted by molar-refractivity contribution is 8.01. The van der Waals surface area contributed by atoms with E-state index in [1.807, 2.05) is 30.0 Å². The van der Waals surface area contributed by atoms with Gasteiger partial charge in [-0.3, -0.25) is 0 Å². The van der Waals surface area contributed by atoms with Crippen LogP contribution in [0.25, 0.3) is 10.2 Å². The second kappa shape index (κ2) is 5.10. The Balaban J connectivity index is 1.74. The van der Waals surface area contributed by atoms with Crippen LogP contribution < -0.4 is 5.73 Å². The Hall–Kier alpha value is -0.740. The van der Waals surface area contributed by atoms with Gasteiger partial charge in [-0.25, -0.2) is 4.98 Å². The van der Waals surface area contributed by atoms with Crippen molar-refractivity contribution in [2.75, 3.05) is 5.73 Å². The molecule has 0 atom stereocenters. The number of anilines is 1. The standard InChI is InChI=1S/C14H18N2S2/c1-9-2-5-11(6-3-9)17-14-16-12-7-4-10(15)8-13(12)18-14/h4,7-9,11H,2-3,5-6,15H2,1H3. The number of hydrogen-bond donors (Lipinski definition) is 1. The Morgan fingerprint density at radius 1 is 1.28 bits per heavy atom. The summed E-state index contributed by atoms with van der Waals surface area (Å²) in [6.07, 6.45) is 5.42. The number of thioether (sulfide) groups is 1. The second-order valence-electron chi connectivity index (χ2n) is 5.21. The number of benzene rings is 1. The maximum atomic E-state index is 5.80. The van der Waals surface area contributed by atoms with Gasteiger partial charge in [0.1, 0.15) is 0 Å². The molecule has 0 bridgehead atoms. The minimum Gasteiger partial charge on any atom is -0.399 e. The Bertz CT molecular complexity index is 542. The van der Waals surface area contributed by atoms with Gasteiger partial charge in [-0.1, -0.05) is 18.7 Å². The van der Waals surface area contributed by atoms with E-state index in [0.717, 1.165) is 22.4 Å². The molecule has 1 heterocycles. The normalized spacial score (nSPS) is 24.5. The Morgan fingerprint density at radius 3 is 2.83 bits per heavy atom. The first kappa shape index (κ1) is 12.3. The van der Waals surface area contributed by atoms with Gasteiger partial charge in [0.05, 0.1) is 10.2 Å². The summed E-state index contributed by atoms with van der Waals surface area (Å²) in [6, 6.07) is 5.98. The average molecular weight is 278 g/mol. The molecule has 1 saturated carbocycles. The fourth-order valence-electron chi connectivity index (χ4n) is 2.46. The van der Waals surface area contributed by atoms with Crippen LogP contribution in [0, 0.1) is 5.92 Å². The Kier molecular flexibility index (Phi) is 3.48. The summed E-state index contributed by atoms with van der Waals surface area (Å²) in [5.41, 5.74) is 7.72. The first-order valence-electron chi connectivity index (χ1n) is 6.53.